The number of carbonyl (C=O) groups excluding carboxylic acids is 1. The second-order valence-electron chi connectivity index (χ2n) is 7.51. The Labute approximate surface area is 176 Å². The van der Waals surface area contributed by atoms with Crippen molar-refractivity contribution in [2.45, 2.75) is 32.3 Å². The molecule has 0 radical (unpaired) electrons. The predicted molar refractivity (Wildman–Crippen MR) is 114 cm³/mol. The van der Waals surface area contributed by atoms with E-state index in [4.69, 9.17) is 13.9 Å². The monoisotopic (exact) mass is 406 g/mol. The molecular weight excluding hydrogens is 380 g/mol. The van der Waals surface area contributed by atoms with Crippen molar-refractivity contribution in [3.8, 4) is 28.5 Å². The molecule has 0 spiro atoms. The summed E-state index contributed by atoms with van der Waals surface area (Å²) in [5, 5.41) is 2.87. The summed E-state index contributed by atoms with van der Waals surface area (Å²) in [6, 6.07) is 15.5. The SMILES string of the molecule is Cc1cccc(-c2coc(-c3ccc(OCC(=O)NCC4CCCCO4)cc3)n2)c1. The minimum atomic E-state index is -0.149. The van der Waals surface area contributed by atoms with Crippen molar-refractivity contribution >= 4 is 5.91 Å². The van der Waals surface area contributed by atoms with E-state index < -0.39 is 0 Å². The molecule has 1 aliphatic rings. The molecular formula is C24H26N2O4. The maximum atomic E-state index is 12.0. The lowest BCUT2D eigenvalue weighted by Crippen LogP contribution is -2.37. The fraction of sp³-hybridized carbons (Fsp3) is 0.333. The molecule has 1 N–H and O–H groups in total. The van der Waals surface area contributed by atoms with Crippen LogP contribution >= 0.6 is 0 Å². The molecule has 1 aromatic heterocycles. The molecule has 1 aliphatic heterocycles. The van der Waals surface area contributed by atoms with E-state index in [0.29, 0.717) is 18.2 Å². The van der Waals surface area contributed by atoms with Crippen LogP contribution in [0, 0.1) is 6.92 Å². The first-order chi connectivity index (χ1) is 14.7. The van der Waals surface area contributed by atoms with E-state index in [1.807, 2.05) is 49.4 Å². The molecule has 1 unspecified atom stereocenters. The zero-order valence-electron chi connectivity index (χ0n) is 17.1. The van der Waals surface area contributed by atoms with Crippen LogP contribution in [0.2, 0.25) is 0 Å². The fourth-order valence-electron chi connectivity index (χ4n) is 3.43. The van der Waals surface area contributed by atoms with Crippen LogP contribution in [0.15, 0.2) is 59.2 Å². The summed E-state index contributed by atoms with van der Waals surface area (Å²) < 4.78 is 16.8. The minimum Gasteiger partial charge on any atom is -0.484 e. The Hall–Kier alpha value is -3.12. The summed E-state index contributed by atoms with van der Waals surface area (Å²) in [5.41, 5.74) is 3.84. The van der Waals surface area contributed by atoms with Gasteiger partial charge in [0.25, 0.3) is 5.91 Å². The van der Waals surface area contributed by atoms with Gasteiger partial charge in [0.1, 0.15) is 17.7 Å². The summed E-state index contributed by atoms with van der Waals surface area (Å²) >= 11 is 0. The molecule has 6 heteroatoms. The second kappa shape index (κ2) is 9.59. The molecule has 156 valence electrons. The van der Waals surface area contributed by atoms with E-state index in [-0.39, 0.29) is 18.6 Å². The number of aryl methyl sites for hydroxylation is 1. The summed E-state index contributed by atoms with van der Waals surface area (Å²) in [5.74, 6) is 1.01. The van der Waals surface area contributed by atoms with Gasteiger partial charge in [0.15, 0.2) is 6.61 Å². The van der Waals surface area contributed by atoms with E-state index >= 15 is 0 Å². The molecule has 1 amide bonds. The van der Waals surface area contributed by atoms with Crippen molar-refractivity contribution in [2.75, 3.05) is 19.8 Å². The quantitative estimate of drug-likeness (QED) is 0.630. The Kier molecular flexibility index (Phi) is 6.44. The van der Waals surface area contributed by atoms with Gasteiger partial charge in [0, 0.05) is 24.3 Å². The molecule has 2 heterocycles. The van der Waals surface area contributed by atoms with E-state index in [1.54, 1.807) is 6.26 Å². The van der Waals surface area contributed by atoms with E-state index in [9.17, 15) is 4.79 Å². The first-order valence-corrected chi connectivity index (χ1v) is 10.3. The molecule has 0 bridgehead atoms. The molecule has 4 rings (SSSR count). The van der Waals surface area contributed by atoms with Gasteiger partial charge in [-0.05, 0) is 56.5 Å². The van der Waals surface area contributed by atoms with Crippen molar-refractivity contribution in [3.05, 3.63) is 60.4 Å². The van der Waals surface area contributed by atoms with Crippen molar-refractivity contribution in [2.24, 2.45) is 0 Å². The Morgan fingerprint density at radius 1 is 1.17 bits per heavy atom. The lowest BCUT2D eigenvalue weighted by atomic mass is 10.1. The number of benzene rings is 2. The summed E-state index contributed by atoms with van der Waals surface area (Å²) in [7, 11) is 0. The van der Waals surface area contributed by atoms with Gasteiger partial charge in [-0.15, -0.1) is 0 Å². The summed E-state index contributed by atoms with van der Waals surface area (Å²) in [6.07, 6.45) is 5.03. The number of oxazole rings is 1. The normalized spacial score (nSPS) is 16.2. The van der Waals surface area contributed by atoms with Gasteiger partial charge in [-0.1, -0.05) is 23.8 Å². The Balaban J connectivity index is 1.29. The molecule has 3 aromatic rings. The topological polar surface area (TPSA) is 73.6 Å². The van der Waals surface area contributed by atoms with Gasteiger partial charge < -0.3 is 19.2 Å². The number of amides is 1. The van der Waals surface area contributed by atoms with Gasteiger partial charge in [-0.25, -0.2) is 4.98 Å². The number of ether oxygens (including phenoxy) is 2. The zero-order valence-corrected chi connectivity index (χ0v) is 17.1. The highest BCUT2D eigenvalue weighted by atomic mass is 16.5. The maximum Gasteiger partial charge on any atom is 0.258 e. The number of nitrogens with zero attached hydrogens (tertiary/aromatic N) is 1. The van der Waals surface area contributed by atoms with Crippen LogP contribution in [0.25, 0.3) is 22.7 Å². The fourth-order valence-corrected chi connectivity index (χ4v) is 3.43. The number of hydrogen-bond acceptors (Lipinski definition) is 5. The standard InChI is InChI=1S/C24H26N2O4/c1-17-5-4-6-19(13-17)22-15-30-24(26-22)18-8-10-20(11-9-18)29-16-23(27)25-14-21-7-2-3-12-28-21/h4-6,8-11,13,15,21H,2-3,7,12,14,16H2,1H3,(H,25,27). The van der Waals surface area contributed by atoms with Crippen molar-refractivity contribution in [1.29, 1.82) is 0 Å². The predicted octanol–water partition coefficient (Wildman–Crippen LogP) is 4.38. The van der Waals surface area contributed by atoms with E-state index in [0.717, 1.165) is 42.7 Å². The third-order valence-corrected chi connectivity index (χ3v) is 5.09. The zero-order chi connectivity index (χ0) is 20.8. The molecule has 1 saturated heterocycles. The van der Waals surface area contributed by atoms with Crippen LogP contribution in [0.4, 0.5) is 0 Å². The van der Waals surface area contributed by atoms with Crippen molar-refractivity contribution < 1.29 is 18.7 Å². The van der Waals surface area contributed by atoms with Crippen molar-refractivity contribution in [1.82, 2.24) is 10.3 Å². The molecule has 2 aromatic carbocycles. The lowest BCUT2D eigenvalue weighted by Gasteiger charge is -2.22. The van der Waals surface area contributed by atoms with Crippen LogP contribution in [0.1, 0.15) is 24.8 Å². The minimum absolute atomic E-state index is 0.0252. The third kappa shape index (κ3) is 5.27. The largest absolute Gasteiger partial charge is 0.484 e. The molecule has 1 atom stereocenters. The molecule has 0 saturated carbocycles. The molecule has 6 nitrogen and oxygen atoms in total. The van der Waals surface area contributed by atoms with Crippen LogP contribution in [0.3, 0.4) is 0 Å². The number of carbonyl (C=O) groups is 1. The van der Waals surface area contributed by atoms with Crippen LogP contribution in [0.5, 0.6) is 5.75 Å². The van der Waals surface area contributed by atoms with E-state index in [1.165, 1.54) is 5.56 Å². The van der Waals surface area contributed by atoms with Crippen LogP contribution in [-0.2, 0) is 9.53 Å². The van der Waals surface area contributed by atoms with Gasteiger partial charge in [-0.3, -0.25) is 4.79 Å². The number of hydrogen-bond donors (Lipinski definition) is 1. The third-order valence-electron chi connectivity index (χ3n) is 5.09. The Morgan fingerprint density at radius 3 is 2.80 bits per heavy atom. The Morgan fingerprint density at radius 2 is 2.03 bits per heavy atom. The smallest absolute Gasteiger partial charge is 0.258 e. The van der Waals surface area contributed by atoms with Crippen molar-refractivity contribution in [3.63, 3.8) is 0 Å². The second-order valence-corrected chi connectivity index (χ2v) is 7.51. The highest BCUT2D eigenvalue weighted by molar-refractivity contribution is 5.77. The summed E-state index contributed by atoms with van der Waals surface area (Å²) in [6.45, 7) is 3.34. The highest BCUT2D eigenvalue weighted by Crippen LogP contribution is 2.26. The Bertz CT molecular complexity index is 975. The van der Waals surface area contributed by atoms with Crippen LogP contribution < -0.4 is 10.1 Å². The number of nitrogens with one attached hydrogen (secondary N) is 1. The average molecular weight is 406 g/mol. The summed E-state index contributed by atoms with van der Waals surface area (Å²) in [4.78, 5) is 16.6. The van der Waals surface area contributed by atoms with Gasteiger partial charge >= 0.3 is 0 Å². The van der Waals surface area contributed by atoms with E-state index in [2.05, 4.69) is 16.4 Å². The number of aromatic nitrogens is 1. The number of rotatable bonds is 7. The lowest BCUT2D eigenvalue weighted by molar-refractivity contribution is -0.124. The maximum absolute atomic E-state index is 12.0. The molecule has 30 heavy (non-hydrogen) atoms. The van der Waals surface area contributed by atoms with Crippen LogP contribution in [-0.4, -0.2) is 36.8 Å². The average Bonchev–Trinajstić information content (AvgIpc) is 3.28. The molecule has 0 aliphatic carbocycles. The first-order valence-electron chi connectivity index (χ1n) is 10.3. The first kappa shape index (κ1) is 20.2. The van der Waals surface area contributed by atoms with Gasteiger partial charge in [0.05, 0.1) is 6.10 Å². The van der Waals surface area contributed by atoms with Gasteiger partial charge in [-0.2, -0.15) is 0 Å². The molecule has 1 fully saturated rings. The van der Waals surface area contributed by atoms with Gasteiger partial charge in [0.2, 0.25) is 5.89 Å². The highest BCUT2D eigenvalue weighted by Gasteiger charge is 2.15.